The van der Waals surface area contributed by atoms with E-state index in [4.69, 9.17) is 14.2 Å². The van der Waals surface area contributed by atoms with Crippen molar-refractivity contribution in [1.82, 2.24) is 10.2 Å². The lowest BCUT2D eigenvalue weighted by Gasteiger charge is -2.26. The Morgan fingerprint density at radius 3 is 2.51 bits per heavy atom. The second-order valence-corrected chi connectivity index (χ2v) is 10.1. The third-order valence-corrected chi connectivity index (χ3v) is 7.14. The maximum atomic E-state index is 13.3. The molecule has 2 aliphatic rings. The number of hydrogen-bond acceptors (Lipinski definition) is 7. The molecule has 0 aliphatic carbocycles. The molecule has 2 aromatic rings. The number of methoxy groups -OCH3 is 1. The van der Waals surface area contributed by atoms with Crippen LogP contribution in [-0.2, 0) is 30.5 Å². The Balaban J connectivity index is 1.36. The summed E-state index contributed by atoms with van der Waals surface area (Å²) in [6.45, 7) is 5.99. The summed E-state index contributed by atoms with van der Waals surface area (Å²) in [7, 11) is 1.58. The van der Waals surface area contributed by atoms with Gasteiger partial charge >= 0.3 is 11.9 Å². The summed E-state index contributed by atoms with van der Waals surface area (Å²) in [6, 6.07) is 10.9. The van der Waals surface area contributed by atoms with Crippen LogP contribution in [0.25, 0.3) is 0 Å². The number of nitrogens with zero attached hydrogens (tertiary/aromatic N) is 1. The fourth-order valence-electron chi connectivity index (χ4n) is 5.24. The summed E-state index contributed by atoms with van der Waals surface area (Å²) < 4.78 is 16.5. The topological polar surface area (TPSA) is 128 Å². The van der Waals surface area contributed by atoms with Gasteiger partial charge in [-0.25, -0.2) is 4.79 Å². The first-order chi connectivity index (χ1) is 18.7. The number of aryl methyl sites for hydroxylation is 2. The number of amides is 3. The monoisotopic (exact) mass is 538 g/mol. The number of rotatable bonds is 9. The zero-order valence-corrected chi connectivity index (χ0v) is 22.8. The quantitative estimate of drug-likeness (QED) is 0.462. The van der Waals surface area contributed by atoms with Crippen molar-refractivity contribution in [2.45, 2.75) is 71.1 Å². The van der Waals surface area contributed by atoms with E-state index in [1.54, 1.807) is 26.2 Å². The molecule has 2 aromatic carbocycles. The molecule has 4 rings (SSSR count). The number of hydrogen-bond donors (Lipinski definition) is 2. The molecule has 2 heterocycles. The summed E-state index contributed by atoms with van der Waals surface area (Å²) in [5, 5.41) is 4.23. The van der Waals surface area contributed by atoms with Crippen molar-refractivity contribution >= 4 is 23.7 Å². The van der Waals surface area contributed by atoms with E-state index in [1.165, 1.54) is 10.2 Å². The van der Waals surface area contributed by atoms with Gasteiger partial charge in [-0.05, 0) is 62.4 Å². The van der Waals surface area contributed by atoms with Crippen LogP contribution in [0.3, 0.4) is 0 Å². The van der Waals surface area contributed by atoms with Crippen molar-refractivity contribution in [2.75, 3.05) is 13.7 Å². The van der Waals surface area contributed by atoms with E-state index in [0.717, 1.165) is 16.7 Å². The summed E-state index contributed by atoms with van der Waals surface area (Å²) in [5.74, 6) is -0.671. The molecule has 0 spiro atoms. The molecule has 2 saturated heterocycles. The summed E-state index contributed by atoms with van der Waals surface area (Å²) >= 11 is 0. The van der Waals surface area contributed by atoms with Gasteiger partial charge in [0.1, 0.15) is 24.3 Å². The minimum Gasteiger partial charge on any atom is -0.496 e. The third-order valence-electron chi connectivity index (χ3n) is 7.14. The predicted molar refractivity (Wildman–Crippen MR) is 141 cm³/mol. The molecule has 10 heteroatoms. The van der Waals surface area contributed by atoms with Crippen LogP contribution in [0.1, 0.15) is 53.2 Å². The predicted octanol–water partition coefficient (Wildman–Crippen LogP) is 1.37. The van der Waals surface area contributed by atoms with Crippen LogP contribution in [0, 0.1) is 13.8 Å². The molecule has 3 amide bonds. The Bertz CT molecular complexity index is 1210. The Labute approximate surface area is 228 Å². The number of nitrogens with one attached hydrogen (secondary N) is 1. The minimum atomic E-state index is -0.859. The normalized spacial score (nSPS) is 21.4. The average molecular weight is 539 g/mol. The molecule has 4 unspecified atom stereocenters. The number of esters is 1. The van der Waals surface area contributed by atoms with E-state index in [1.807, 2.05) is 44.2 Å². The van der Waals surface area contributed by atoms with Gasteiger partial charge in [-0.1, -0.05) is 30.3 Å². The molecule has 0 radical (unpaired) electrons. The number of nitrogens with two attached hydrogens (primary N) is 1. The first-order valence-electron chi connectivity index (χ1n) is 13.2. The smallest absolute Gasteiger partial charge is 0.333 e. The van der Waals surface area contributed by atoms with Crippen LogP contribution in [0.4, 0.5) is 0 Å². The van der Waals surface area contributed by atoms with Crippen molar-refractivity contribution < 1.29 is 38.7 Å². The highest BCUT2D eigenvalue weighted by molar-refractivity contribution is 5.98. The number of quaternary nitrogens is 1. The molecular formula is C29H36N3O7+. The fourth-order valence-corrected chi connectivity index (χ4v) is 5.24. The standard InChI is InChI=1S/C29H35N3O7/c1-17-13-21(14-18(2)25(17)37-4)26(34)30-19(3)28(36)32-12-8-11-23(32)27(35)31-22-15-24(33)39-29(22)38-16-20-9-6-5-7-10-20/h5-7,9-10,13-14,19,22-23,29H,8,11-12,15-16H2,1-4H3,(H,30,34)(H,31,35)/p+1. The highest BCUT2D eigenvalue weighted by atomic mass is 16.7. The molecule has 2 fully saturated rings. The Morgan fingerprint density at radius 2 is 1.85 bits per heavy atom. The molecule has 3 N–H and O–H groups in total. The van der Waals surface area contributed by atoms with Gasteiger partial charge in [0.25, 0.3) is 12.2 Å². The molecule has 4 atom stereocenters. The first kappa shape index (κ1) is 28.3. The van der Waals surface area contributed by atoms with E-state index in [-0.39, 0.29) is 30.7 Å². The lowest BCUT2D eigenvalue weighted by atomic mass is 10.0. The molecule has 39 heavy (non-hydrogen) atoms. The number of ether oxygens (including phenoxy) is 3. The summed E-state index contributed by atoms with van der Waals surface area (Å²) in [6.07, 6.45) is 0.359. The van der Waals surface area contributed by atoms with Crippen molar-refractivity contribution in [3.63, 3.8) is 0 Å². The first-order valence-corrected chi connectivity index (χ1v) is 13.2. The van der Waals surface area contributed by atoms with Crippen LogP contribution >= 0.6 is 0 Å². The largest absolute Gasteiger partial charge is 0.496 e. The van der Waals surface area contributed by atoms with Crippen molar-refractivity contribution in [3.8, 4) is 5.75 Å². The van der Waals surface area contributed by atoms with Gasteiger partial charge in [-0.15, -0.1) is 0 Å². The van der Waals surface area contributed by atoms with E-state index in [0.29, 0.717) is 30.7 Å². The van der Waals surface area contributed by atoms with Crippen LogP contribution in [0.2, 0.25) is 0 Å². The molecule has 208 valence electrons. The van der Waals surface area contributed by atoms with E-state index in [9.17, 15) is 19.2 Å². The number of carbonyl (C=O) groups excluding carboxylic acids is 4. The maximum Gasteiger partial charge on any atom is 0.333 e. The van der Waals surface area contributed by atoms with Gasteiger partial charge in [-0.2, -0.15) is 0 Å². The highest BCUT2D eigenvalue weighted by Gasteiger charge is 2.44. The van der Waals surface area contributed by atoms with E-state index >= 15 is 0 Å². The van der Waals surface area contributed by atoms with Gasteiger partial charge < -0.3 is 24.4 Å². The number of benzene rings is 2. The molecule has 2 aliphatic heterocycles. The summed E-state index contributed by atoms with van der Waals surface area (Å²) in [5.41, 5.74) is 3.00. The SMILES string of the molecule is COc1c(C)cc(C(=O)NC(C)C(=O)N2CCCC2C(=O)[NH2+]C2CC(=O)OC2OCc2ccccc2)cc1C. The van der Waals surface area contributed by atoms with E-state index < -0.39 is 30.4 Å². The average Bonchev–Trinajstić information content (AvgIpc) is 3.53. The Morgan fingerprint density at radius 1 is 1.15 bits per heavy atom. The van der Waals surface area contributed by atoms with Crippen LogP contribution in [-0.4, -0.2) is 66.7 Å². The van der Waals surface area contributed by atoms with Gasteiger partial charge in [0.15, 0.2) is 6.04 Å². The number of likely N-dealkylation sites (tertiary alicyclic amines) is 1. The van der Waals surface area contributed by atoms with E-state index in [2.05, 4.69) is 5.32 Å². The maximum absolute atomic E-state index is 13.3. The fraction of sp³-hybridized carbons (Fsp3) is 0.448. The lowest BCUT2D eigenvalue weighted by molar-refractivity contribution is -0.620. The molecule has 10 nitrogen and oxygen atoms in total. The van der Waals surface area contributed by atoms with Crippen molar-refractivity contribution in [3.05, 3.63) is 64.7 Å². The number of carbonyl (C=O) groups is 4. The zero-order valence-electron chi connectivity index (χ0n) is 22.8. The van der Waals surface area contributed by atoms with Crippen molar-refractivity contribution in [2.24, 2.45) is 0 Å². The lowest BCUT2D eigenvalue weighted by Crippen LogP contribution is -2.97. The minimum absolute atomic E-state index is 0.0407. The van der Waals surface area contributed by atoms with Gasteiger partial charge in [0.2, 0.25) is 5.91 Å². The van der Waals surface area contributed by atoms with Crippen LogP contribution in [0.5, 0.6) is 5.75 Å². The second kappa shape index (κ2) is 12.4. The summed E-state index contributed by atoms with van der Waals surface area (Å²) in [4.78, 5) is 53.0. The Hall–Kier alpha value is -3.76. The molecule has 0 saturated carbocycles. The molecule has 0 bridgehead atoms. The van der Waals surface area contributed by atoms with Gasteiger partial charge in [-0.3, -0.25) is 19.7 Å². The Kier molecular flexibility index (Phi) is 8.98. The third kappa shape index (κ3) is 6.63. The van der Waals surface area contributed by atoms with Crippen LogP contribution < -0.4 is 15.4 Å². The van der Waals surface area contributed by atoms with Gasteiger partial charge in [0.05, 0.1) is 13.7 Å². The highest BCUT2D eigenvalue weighted by Crippen LogP contribution is 2.25. The zero-order chi connectivity index (χ0) is 28.1. The second-order valence-electron chi connectivity index (χ2n) is 10.1. The number of primary amides is 1. The van der Waals surface area contributed by atoms with Crippen LogP contribution in [0.15, 0.2) is 42.5 Å². The molecular weight excluding hydrogens is 502 g/mol. The van der Waals surface area contributed by atoms with Gasteiger partial charge in [0, 0.05) is 12.1 Å². The number of cyclic esters (lactones) is 1. The molecule has 0 aromatic heterocycles. The van der Waals surface area contributed by atoms with Crippen molar-refractivity contribution in [1.29, 1.82) is 0 Å².